The van der Waals surface area contributed by atoms with E-state index < -0.39 is 0 Å². The highest BCUT2D eigenvalue weighted by Gasteiger charge is 2.33. The SMILES string of the molecule is CCOc1ccc([C@H]2c3cccn3-c3ccccc3CN2C(=O)Nc2ccc(C)cc2)cc1. The highest BCUT2D eigenvalue weighted by atomic mass is 16.5. The van der Waals surface area contributed by atoms with E-state index in [1.807, 2.05) is 73.3 Å². The van der Waals surface area contributed by atoms with Crippen molar-refractivity contribution in [2.45, 2.75) is 26.4 Å². The maximum absolute atomic E-state index is 13.7. The standard InChI is InChI=1S/C28H27N3O2/c1-3-33-24-16-12-21(13-17-24)27-26-9-6-18-30(26)25-8-5-4-7-22(25)19-31(27)28(32)29-23-14-10-20(2)11-15-23/h4-18,27H,3,19H2,1-2H3,(H,29,32)/t27-/m0/s1. The molecule has 4 aromatic rings. The molecular formula is C28H27N3O2. The molecule has 1 atom stereocenters. The average Bonchev–Trinajstić information content (AvgIpc) is 3.26. The zero-order valence-corrected chi connectivity index (χ0v) is 18.9. The molecule has 0 unspecified atom stereocenters. The number of urea groups is 1. The molecule has 1 aliphatic heterocycles. The third kappa shape index (κ3) is 4.10. The maximum Gasteiger partial charge on any atom is 0.322 e. The van der Waals surface area contributed by atoms with Crippen molar-refractivity contribution in [1.82, 2.24) is 9.47 Å². The third-order valence-corrected chi connectivity index (χ3v) is 6.03. The fourth-order valence-corrected chi connectivity index (χ4v) is 4.44. The zero-order valence-electron chi connectivity index (χ0n) is 18.9. The molecule has 2 heterocycles. The smallest absolute Gasteiger partial charge is 0.322 e. The number of carbonyl (C=O) groups is 1. The van der Waals surface area contributed by atoms with Crippen LogP contribution in [-0.2, 0) is 6.54 Å². The van der Waals surface area contributed by atoms with Gasteiger partial charge in [0.1, 0.15) is 5.75 Å². The lowest BCUT2D eigenvalue weighted by atomic mass is 10.0. The van der Waals surface area contributed by atoms with Gasteiger partial charge in [-0.1, -0.05) is 48.0 Å². The molecular weight excluding hydrogens is 410 g/mol. The summed E-state index contributed by atoms with van der Waals surface area (Å²) < 4.78 is 7.83. The van der Waals surface area contributed by atoms with Crippen molar-refractivity contribution < 1.29 is 9.53 Å². The van der Waals surface area contributed by atoms with Gasteiger partial charge in [-0.3, -0.25) is 0 Å². The molecule has 33 heavy (non-hydrogen) atoms. The van der Waals surface area contributed by atoms with E-state index in [-0.39, 0.29) is 12.1 Å². The van der Waals surface area contributed by atoms with Crippen molar-refractivity contribution in [1.29, 1.82) is 0 Å². The Balaban J connectivity index is 1.59. The molecule has 5 heteroatoms. The van der Waals surface area contributed by atoms with Gasteiger partial charge in [0.2, 0.25) is 0 Å². The van der Waals surface area contributed by atoms with Crippen LogP contribution in [0.3, 0.4) is 0 Å². The molecule has 0 saturated carbocycles. The first-order valence-electron chi connectivity index (χ1n) is 11.3. The molecule has 1 aromatic heterocycles. The van der Waals surface area contributed by atoms with Crippen molar-refractivity contribution >= 4 is 11.7 Å². The van der Waals surface area contributed by atoms with Gasteiger partial charge in [0.25, 0.3) is 0 Å². The molecule has 3 aromatic carbocycles. The second-order valence-corrected chi connectivity index (χ2v) is 8.26. The topological polar surface area (TPSA) is 46.5 Å². The monoisotopic (exact) mass is 437 g/mol. The van der Waals surface area contributed by atoms with Gasteiger partial charge in [0.15, 0.2) is 0 Å². The molecule has 0 radical (unpaired) electrons. The van der Waals surface area contributed by atoms with Crippen molar-refractivity contribution in [2.24, 2.45) is 0 Å². The summed E-state index contributed by atoms with van der Waals surface area (Å²) >= 11 is 0. The van der Waals surface area contributed by atoms with E-state index >= 15 is 0 Å². The molecule has 0 bridgehead atoms. The van der Waals surface area contributed by atoms with Crippen LogP contribution in [0.15, 0.2) is 91.1 Å². The van der Waals surface area contributed by atoms with E-state index in [9.17, 15) is 4.79 Å². The van der Waals surface area contributed by atoms with E-state index in [0.29, 0.717) is 13.2 Å². The summed E-state index contributed by atoms with van der Waals surface area (Å²) in [6.45, 7) is 5.12. The normalized spacial score (nSPS) is 14.7. The lowest BCUT2D eigenvalue weighted by Crippen LogP contribution is -2.37. The fourth-order valence-electron chi connectivity index (χ4n) is 4.44. The summed E-state index contributed by atoms with van der Waals surface area (Å²) in [5.74, 6) is 0.823. The number of hydrogen-bond donors (Lipinski definition) is 1. The first kappa shape index (κ1) is 20.9. The van der Waals surface area contributed by atoms with Crippen LogP contribution in [-0.4, -0.2) is 22.1 Å². The number of aryl methyl sites for hydroxylation is 1. The number of rotatable bonds is 4. The number of nitrogens with one attached hydrogen (secondary N) is 1. The first-order valence-corrected chi connectivity index (χ1v) is 11.3. The van der Waals surface area contributed by atoms with E-state index in [0.717, 1.165) is 39.5 Å². The number of anilines is 1. The number of fused-ring (bicyclic) bond motifs is 3. The number of ether oxygens (including phenoxy) is 1. The van der Waals surface area contributed by atoms with Gasteiger partial charge in [-0.25, -0.2) is 4.79 Å². The molecule has 0 aliphatic carbocycles. The van der Waals surface area contributed by atoms with Gasteiger partial charge >= 0.3 is 6.03 Å². The van der Waals surface area contributed by atoms with Crippen molar-refractivity contribution in [3.8, 4) is 11.4 Å². The lowest BCUT2D eigenvalue weighted by Gasteiger charge is -2.31. The second-order valence-electron chi connectivity index (χ2n) is 8.26. The van der Waals surface area contributed by atoms with Crippen LogP contribution >= 0.6 is 0 Å². The summed E-state index contributed by atoms with van der Waals surface area (Å²) in [5, 5.41) is 3.10. The van der Waals surface area contributed by atoms with Crippen LogP contribution in [0.5, 0.6) is 5.75 Å². The number of nitrogens with zero attached hydrogens (tertiary/aromatic N) is 2. The van der Waals surface area contributed by atoms with Crippen LogP contribution in [0.1, 0.15) is 35.3 Å². The third-order valence-electron chi connectivity index (χ3n) is 6.03. The summed E-state index contributed by atoms with van der Waals surface area (Å²) in [4.78, 5) is 15.6. The van der Waals surface area contributed by atoms with Crippen molar-refractivity contribution in [3.05, 3.63) is 114 Å². The highest BCUT2D eigenvalue weighted by molar-refractivity contribution is 5.90. The predicted molar refractivity (Wildman–Crippen MR) is 131 cm³/mol. The lowest BCUT2D eigenvalue weighted by molar-refractivity contribution is 0.194. The fraction of sp³-hybridized carbons (Fsp3) is 0.179. The predicted octanol–water partition coefficient (Wildman–Crippen LogP) is 6.32. The highest BCUT2D eigenvalue weighted by Crippen LogP contribution is 2.37. The van der Waals surface area contributed by atoms with Crippen molar-refractivity contribution in [3.63, 3.8) is 0 Å². The Labute approximate surface area is 194 Å². The number of aromatic nitrogens is 1. The van der Waals surface area contributed by atoms with Gasteiger partial charge in [0, 0.05) is 17.6 Å². The van der Waals surface area contributed by atoms with Gasteiger partial charge < -0.3 is 19.5 Å². The minimum atomic E-state index is -0.256. The Morgan fingerprint density at radius 2 is 1.73 bits per heavy atom. The second kappa shape index (κ2) is 8.87. The molecule has 5 rings (SSSR count). The minimum absolute atomic E-state index is 0.137. The number of benzene rings is 3. The summed E-state index contributed by atoms with van der Waals surface area (Å²) in [6.07, 6.45) is 2.07. The van der Waals surface area contributed by atoms with Gasteiger partial charge in [-0.05, 0) is 67.4 Å². The minimum Gasteiger partial charge on any atom is -0.494 e. The van der Waals surface area contributed by atoms with E-state index in [1.54, 1.807) is 0 Å². The molecule has 2 amide bonds. The Bertz CT molecular complexity index is 1260. The van der Waals surface area contributed by atoms with E-state index in [1.165, 1.54) is 0 Å². The van der Waals surface area contributed by atoms with Crippen LogP contribution < -0.4 is 10.1 Å². The maximum atomic E-state index is 13.7. The zero-order chi connectivity index (χ0) is 22.8. The van der Waals surface area contributed by atoms with E-state index in [4.69, 9.17) is 4.74 Å². The molecule has 0 saturated heterocycles. The van der Waals surface area contributed by atoms with Gasteiger partial charge in [-0.2, -0.15) is 0 Å². The van der Waals surface area contributed by atoms with Crippen LogP contribution in [0.2, 0.25) is 0 Å². The molecule has 1 aliphatic rings. The molecule has 166 valence electrons. The van der Waals surface area contributed by atoms with E-state index in [2.05, 4.69) is 46.4 Å². The number of amides is 2. The van der Waals surface area contributed by atoms with Gasteiger partial charge in [0.05, 0.1) is 24.9 Å². The average molecular weight is 438 g/mol. The Morgan fingerprint density at radius 1 is 0.970 bits per heavy atom. The quantitative estimate of drug-likeness (QED) is 0.406. The number of carbonyl (C=O) groups excluding carboxylic acids is 1. The van der Waals surface area contributed by atoms with Crippen LogP contribution in [0, 0.1) is 6.92 Å². The number of para-hydroxylation sites is 1. The summed E-state index contributed by atoms with van der Waals surface area (Å²) in [7, 11) is 0. The van der Waals surface area contributed by atoms with Crippen LogP contribution in [0.25, 0.3) is 5.69 Å². The Morgan fingerprint density at radius 3 is 2.48 bits per heavy atom. The number of hydrogen-bond acceptors (Lipinski definition) is 2. The summed E-state index contributed by atoms with van der Waals surface area (Å²) in [5.41, 5.74) is 6.21. The molecule has 0 fully saturated rings. The summed E-state index contributed by atoms with van der Waals surface area (Å²) in [6, 6.07) is 27.9. The first-order chi connectivity index (χ1) is 16.1. The Kier molecular flexibility index (Phi) is 5.61. The van der Waals surface area contributed by atoms with Crippen LogP contribution in [0.4, 0.5) is 10.5 Å². The molecule has 5 nitrogen and oxygen atoms in total. The molecule has 0 spiro atoms. The largest absolute Gasteiger partial charge is 0.494 e. The Hall–Kier alpha value is -3.99. The van der Waals surface area contributed by atoms with Crippen molar-refractivity contribution in [2.75, 3.05) is 11.9 Å². The van der Waals surface area contributed by atoms with Gasteiger partial charge in [-0.15, -0.1) is 0 Å². The molecule has 1 N–H and O–H groups in total.